The molecule has 0 aliphatic carbocycles. The van der Waals surface area contributed by atoms with Gasteiger partial charge in [0.2, 0.25) is 5.72 Å². The van der Waals surface area contributed by atoms with Gasteiger partial charge in [-0.15, -0.1) is 0 Å². The molecule has 0 spiro atoms. The number of benzene rings is 2. The summed E-state index contributed by atoms with van der Waals surface area (Å²) < 4.78 is 12.9. The molecule has 3 aromatic rings. The molecule has 2 aromatic carbocycles. The Bertz CT molecular complexity index is 1180. The predicted molar refractivity (Wildman–Crippen MR) is 134 cm³/mol. The van der Waals surface area contributed by atoms with Gasteiger partial charge < -0.3 is 23.8 Å². The third-order valence-electron chi connectivity index (χ3n) is 6.04. The monoisotopic (exact) mass is 460 g/mol. The number of ether oxygens (including phenoxy) is 2. The standard InChI is InChI=1S/C27H32N4O3/c1-20-7-11-23(12-8-20)27(3)31(15-6-16-32-4)26(29-34-27)14-10-22-9-13-24(25(17-22)33-5)30-18-21(2)28-19-30/h7-14,17-19H,6,15-16H2,1-5H3/b14-10+. The molecule has 0 N–H and O–H groups in total. The van der Waals surface area contributed by atoms with E-state index in [0.717, 1.165) is 47.1 Å². The van der Waals surface area contributed by atoms with Gasteiger partial charge in [-0.1, -0.05) is 47.1 Å². The van der Waals surface area contributed by atoms with Gasteiger partial charge in [0.05, 0.1) is 24.8 Å². The molecule has 0 amide bonds. The Labute approximate surface area is 201 Å². The molecule has 1 aliphatic rings. The van der Waals surface area contributed by atoms with Crippen LogP contribution in [0.3, 0.4) is 0 Å². The van der Waals surface area contributed by atoms with E-state index in [1.807, 2.05) is 42.0 Å². The maximum atomic E-state index is 6.02. The molecule has 178 valence electrons. The van der Waals surface area contributed by atoms with Crippen LogP contribution in [0.15, 0.2) is 66.2 Å². The quantitative estimate of drug-likeness (QED) is 0.418. The van der Waals surface area contributed by atoms with Gasteiger partial charge in [-0.05, 0) is 44.0 Å². The minimum Gasteiger partial charge on any atom is -0.495 e. The van der Waals surface area contributed by atoms with E-state index in [0.29, 0.717) is 6.61 Å². The number of hydrogen-bond acceptors (Lipinski definition) is 6. The van der Waals surface area contributed by atoms with Crippen molar-refractivity contribution in [3.8, 4) is 11.4 Å². The number of imidazole rings is 1. The van der Waals surface area contributed by atoms with E-state index in [4.69, 9.17) is 14.3 Å². The topological polar surface area (TPSA) is 61.1 Å². The smallest absolute Gasteiger partial charge is 0.234 e. The highest BCUT2D eigenvalue weighted by molar-refractivity contribution is 5.97. The number of aromatic nitrogens is 2. The SMILES string of the molecule is COCCCN1C(/C=C/c2ccc(-n3cnc(C)c3)c(OC)c2)=NOC1(C)c1ccc(C)cc1. The van der Waals surface area contributed by atoms with Crippen LogP contribution in [0.1, 0.15) is 35.7 Å². The van der Waals surface area contributed by atoms with Gasteiger partial charge in [0.25, 0.3) is 0 Å². The van der Waals surface area contributed by atoms with Crippen LogP contribution >= 0.6 is 0 Å². The average Bonchev–Trinajstić information content (AvgIpc) is 3.42. The summed E-state index contributed by atoms with van der Waals surface area (Å²) >= 11 is 0. The van der Waals surface area contributed by atoms with E-state index in [2.05, 4.69) is 59.2 Å². The first-order chi connectivity index (χ1) is 16.4. The number of amidine groups is 1. The summed E-state index contributed by atoms with van der Waals surface area (Å²) in [6, 6.07) is 14.5. The second-order valence-electron chi connectivity index (χ2n) is 8.57. The summed E-state index contributed by atoms with van der Waals surface area (Å²) in [5.41, 5.74) is 4.48. The molecule has 34 heavy (non-hydrogen) atoms. The van der Waals surface area contributed by atoms with Crippen molar-refractivity contribution in [3.05, 3.63) is 83.4 Å². The first-order valence-corrected chi connectivity index (χ1v) is 11.4. The Kier molecular flexibility index (Phi) is 7.03. The second-order valence-corrected chi connectivity index (χ2v) is 8.57. The molecule has 1 atom stereocenters. The van der Waals surface area contributed by atoms with Gasteiger partial charge in [-0.25, -0.2) is 4.98 Å². The van der Waals surface area contributed by atoms with E-state index in [9.17, 15) is 0 Å². The van der Waals surface area contributed by atoms with Gasteiger partial charge >= 0.3 is 0 Å². The lowest BCUT2D eigenvalue weighted by molar-refractivity contribution is -0.0914. The Balaban J connectivity index is 1.58. The Hall–Kier alpha value is -3.58. The summed E-state index contributed by atoms with van der Waals surface area (Å²) in [6.07, 6.45) is 8.64. The van der Waals surface area contributed by atoms with Crippen LogP contribution in [-0.2, 0) is 15.3 Å². The molecule has 1 aromatic heterocycles. The number of methoxy groups -OCH3 is 2. The Morgan fingerprint density at radius 1 is 1.06 bits per heavy atom. The summed E-state index contributed by atoms with van der Waals surface area (Å²) in [4.78, 5) is 12.5. The molecule has 4 rings (SSSR count). The highest BCUT2D eigenvalue weighted by Gasteiger charge is 2.42. The molecular weight excluding hydrogens is 428 g/mol. The van der Waals surface area contributed by atoms with Crippen molar-refractivity contribution < 1.29 is 14.3 Å². The first-order valence-electron chi connectivity index (χ1n) is 11.4. The lowest BCUT2D eigenvalue weighted by Crippen LogP contribution is -2.44. The fraction of sp³-hybridized carbons (Fsp3) is 0.333. The van der Waals surface area contributed by atoms with E-state index in [-0.39, 0.29) is 0 Å². The van der Waals surface area contributed by atoms with Crippen LogP contribution in [-0.4, -0.2) is 47.7 Å². The molecule has 1 aliphatic heterocycles. The van der Waals surface area contributed by atoms with Gasteiger partial charge in [-0.3, -0.25) is 0 Å². The van der Waals surface area contributed by atoms with Crippen LogP contribution in [0.2, 0.25) is 0 Å². The zero-order valence-corrected chi connectivity index (χ0v) is 20.5. The van der Waals surface area contributed by atoms with E-state index in [1.54, 1.807) is 20.5 Å². The zero-order chi connectivity index (χ0) is 24.1. The lowest BCUT2D eigenvalue weighted by Gasteiger charge is -2.34. The summed E-state index contributed by atoms with van der Waals surface area (Å²) in [7, 11) is 3.40. The molecule has 7 nitrogen and oxygen atoms in total. The van der Waals surface area contributed by atoms with Crippen LogP contribution in [0.25, 0.3) is 11.8 Å². The van der Waals surface area contributed by atoms with Crippen LogP contribution in [0.4, 0.5) is 0 Å². The van der Waals surface area contributed by atoms with Gasteiger partial charge in [0.15, 0.2) is 5.84 Å². The van der Waals surface area contributed by atoms with E-state index in [1.165, 1.54) is 5.56 Å². The maximum Gasteiger partial charge on any atom is 0.234 e. The molecule has 2 heterocycles. The largest absolute Gasteiger partial charge is 0.495 e. The predicted octanol–water partition coefficient (Wildman–Crippen LogP) is 5.07. The minimum absolute atomic E-state index is 0.670. The number of nitrogens with zero attached hydrogens (tertiary/aromatic N) is 4. The van der Waals surface area contributed by atoms with Crippen molar-refractivity contribution >= 4 is 11.9 Å². The van der Waals surface area contributed by atoms with Gasteiger partial charge in [0.1, 0.15) is 5.75 Å². The highest BCUT2D eigenvalue weighted by Crippen LogP contribution is 2.36. The van der Waals surface area contributed by atoms with Gasteiger partial charge in [0, 0.05) is 38.9 Å². The summed E-state index contributed by atoms with van der Waals surface area (Å²) in [5.74, 6) is 1.54. The normalized spacial score (nSPS) is 17.8. The minimum atomic E-state index is -0.679. The molecule has 7 heteroatoms. The summed E-state index contributed by atoms with van der Waals surface area (Å²) in [6.45, 7) is 7.52. The van der Waals surface area contributed by atoms with Crippen molar-refractivity contribution in [2.24, 2.45) is 5.16 Å². The first kappa shape index (κ1) is 23.6. The number of rotatable bonds is 9. The molecule has 0 saturated heterocycles. The van der Waals surface area contributed by atoms with E-state index < -0.39 is 5.72 Å². The third-order valence-corrected chi connectivity index (χ3v) is 6.04. The molecule has 0 radical (unpaired) electrons. The van der Waals surface area contributed by atoms with Gasteiger partial charge in [-0.2, -0.15) is 0 Å². The van der Waals surface area contributed by atoms with Crippen molar-refractivity contribution in [2.75, 3.05) is 27.4 Å². The zero-order valence-electron chi connectivity index (χ0n) is 20.5. The second kappa shape index (κ2) is 10.1. The Morgan fingerprint density at radius 2 is 1.85 bits per heavy atom. The van der Waals surface area contributed by atoms with E-state index >= 15 is 0 Å². The number of aryl methyl sites for hydroxylation is 2. The maximum absolute atomic E-state index is 6.02. The fourth-order valence-electron chi connectivity index (χ4n) is 4.07. The Morgan fingerprint density at radius 3 is 2.53 bits per heavy atom. The van der Waals surface area contributed by atoms with Crippen LogP contribution in [0, 0.1) is 13.8 Å². The van der Waals surface area contributed by atoms with Crippen molar-refractivity contribution in [2.45, 2.75) is 32.9 Å². The number of hydrogen-bond donors (Lipinski definition) is 0. The lowest BCUT2D eigenvalue weighted by atomic mass is 10.0. The third kappa shape index (κ3) is 4.84. The van der Waals surface area contributed by atoms with Crippen LogP contribution in [0.5, 0.6) is 5.75 Å². The molecule has 0 fully saturated rings. The van der Waals surface area contributed by atoms with Crippen molar-refractivity contribution in [1.29, 1.82) is 0 Å². The summed E-state index contributed by atoms with van der Waals surface area (Å²) in [5, 5.41) is 4.44. The van der Waals surface area contributed by atoms with Crippen molar-refractivity contribution in [3.63, 3.8) is 0 Å². The molecular formula is C27H32N4O3. The highest BCUT2D eigenvalue weighted by atomic mass is 16.7. The fourth-order valence-corrected chi connectivity index (χ4v) is 4.07. The molecule has 1 unspecified atom stereocenters. The van der Waals surface area contributed by atoms with Crippen LogP contribution < -0.4 is 4.74 Å². The molecule has 0 saturated carbocycles. The molecule has 0 bridgehead atoms. The van der Waals surface area contributed by atoms with Crippen molar-refractivity contribution in [1.82, 2.24) is 14.5 Å². The number of oxime groups is 1. The average molecular weight is 461 g/mol.